The predicted octanol–water partition coefficient (Wildman–Crippen LogP) is 5.16. The summed E-state index contributed by atoms with van der Waals surface area (Å²) < 4.78 is 1.72. The van der Waals surface area contributed by atoms with Crippen molar-refractivity contribution in [1.82, 2.24) is 19.5 Å². The quantitative estimate of drug-likeness (QED) is 0.304. The van der Waals surface area contributed by atoms with Crippen molar-refractivity contribution in [1.29, 1.82) is 0 Å². The van der Waals surface area contributed by atoms with Gasteiger partial charge in [0.05, 0.1) is 6.20 Å². The molecular formula is C30H30N4O. The summed E-state index contributed by atoms with van der Waals surface area (Å²) in [4.78, 5) is 20.0. The second-order valence-corrected chi connectivity index (χ2v) is 9.41. The minimum Gasteiger partial charge on any atom is -0.299 e. The summed E-state index contributed by atoms with van der Waals surface area (Å²) in [6, 6.07) is 16.0. The van der Waals surface area contributed by atoms with E-state index in [0.717, 1.165) is 34.6 Å². The number of aromatic nitrogens is 3. The van der Waals surface area contributed by atoms with E-state index in [2.05, 4.69) is 51.9 Å². The van der Waals surface area contributed by atoms with Gasteiger partial charge in [-0.15, -0.1) is 0 Å². The zero-order valence-corrected chi connectivity index (χ0v) is 20.4. The Morgan fingerprint density at radius 2 is 1.83 bits per heavy atom. The van der Waals surface area contributed by atoms with E-state index in [4.69, 9.17) is 0 Å². The van der Waals surface area contributed by atoms with Crippen LogP contribution in [0.5, 0.6) is 0 Å². The predicted molar refractivity (Wildman–Crippen MR) is 138 cm³/mol. The summed E-state index contributed by atoms with van der Waals surface area (Å²) in [5, 5.41) is 4.31. The van der Waals surface area contributed by atoms with Gasteiger partial charge in [-0.3, -0.25) is 9.69 Å². The smallest absolute Gasteiger partial charge is 0.167 e. The summed E-state index contributed by atoms with van der Waals surface area (Å²) in [5.41, 5.74) is 7.72. The fraction of sp³-hybridized carbons (Fsp3) is 0.300. The first-order valence-corrected chi connectivity index (χ1v) is 12.3. The molecule has 1 fully saturated rings. The number of hydrogen-bond acceptors (Lipinski definition) is 4. The van der Waals surface area contributed by atoms with Crippen LogP contribution in [0.25, 0.3) is 5.65 Å². The fourth-order valence-corrected chi connectivity index (χ4v) is 4.67. The van der Waals surface area contributed by atoms with Crippen molar-refractivity contribution in [2.75, 3.05) is 13.1 Å². The van der Waals surface area contributed by atoms with Crippen molar-refractivity contribution in [3.05, 3.63) is 100.0 Å². The van der Waals surface area contributed by atoms with E-state index in [0.29, 0.717) is 12.0 Å². The van der Waals surface area contributed by atoms with Crippen LogP contribution in [-0.4, -0.2) is 38.4 Å². The van der Waals surface area contributed by atoms with Gasteiger partial charge >= 0.3 is 0 Å². The Balaban J connectivity index is 1.31. The third kappa shape index (κ3) is 5.34. The molecule has 0 aliphatic carbocycles. The molecule has 0 radical (unpaired) electrons. The van der Waals surface area contributed by atoms with E-state index < -0.39 is 0 Å². The minimum absolute atomic E-state index is 0.104. The van der Waals surface area contributed by atoms with Crippen LogP contribution in [0, 0.1) is 25.7 Å². The van der Waals surface area contributed by atoms with Crippen molar-refractivity contribution < 1.29 is 4.79 Å². The lowest BCUT2D eigenvalue weighted by Crippen LogP contribution is -2.29. The van der Waals surface area contributed by atoms with Gasteiger partial charge in [0.25, 0.3) is 0 Å². The van der Waals surface area contributed by atoms with E-state index in [1.807, 2.05) is 37.3 Å². The van der Waals surface area contributed by atoms with Gasteiger partial charge in [-0.25, -0.2) is 9.50 Å². The molecule has 2 aromatic heterocycles. The average Bonchev–Trinajstić information content (AvgIpc) is 3.29. The molecule has 0 saturated carbocycles. The summed E-state index contributed by atoms with van der Waals surface area (Å²) in [6.07, 6.45) is 7.76. The van der Waals surface area contributed by atoms with Crippen LogP contribution in [0.1, 0.15) is 63.1 Å². The van der Waals surface area contributed by atoms with Crippen LogP contribution in [0.2, 0.25) is 0 Å². The highest BCUT2D eigenvalue weighted by Crippen LogP contribution is 2.19. The van der Waals surface area contributed by atoms with Gasteiger partial charge in [-0.05, 0) is 86.2 Å². The molecule has 2 aromatic carbocycles. The highest BCUT2D eigenvalue weighted by Gasteiger charge is 2.13. The third-order valence-corrected chi connectivity index (χ3v) is 6.78. The van der Waals surface area contributed by atoms with Crippen LogP contribution >= 0.6 is 0 Å². The summed E-state index contributed by atoms with van der Waals surface area (Å²) in [6.45, 7) is 7.54. The third-order valence-electron chi connectivity index (χ3n) is 6.78. The summed E-state index contributed by atoms with van der Waals surface area (Å²) in [7, 11) is 0. The molecule has 0 unspecified atom stereocenters. The maximum absolute atomic E-state index is 13.1. The Morgan fingerprint density at radius 3 is 2.66 bits per heavy atom. The van der Waals surface area contributed by atoms with E-state index in [-0.39, 0.29) is 5.78 Å². The van der Waals surface area contributed by atoms with Crippen molar-refractivity contribution in [2.24, 2.45) is 0 Å². The zero-order valence-electron chi connectivity index (χ0n) is 20.4. The Morgan fingerprint density at radius 1 is 0.971 bits per heavy atom. The van der Waals surface area contributed by atoms with Crippen molar-refractivity contribution in [3.8, 4) is 11.8 Å². The van der Waals surface area contributed by atoms with Crippen LogP contribution < -0.4 is 0 Å². The topological polar surface area (TPSA) is 50.5 Å². The standard InChI is InChI=1S/C30H30N4O/c1-22-8-10-26(19-25(22)12-13-28-20-31-30-7-6-14-32-34(28)30)29(35)18-24-9-11-27(23(2)17-24)21-33-15-4-3-5-16-33/h6-11,14,17,19-20H,3-5,15-16,18,21H2,1-2H3. The number of fused-ring (bicyclic) bond motifs is 1. The number of benzene rings is 2. The van der Waals surface area contributed by atoms with Gasteiger partial charge in [-0.1, -0.05) is 42.7 Å². The van der Waals surface area contributed by atoms with Gasteiger partial charge in [-0.2, -0.15) is 5.10 Å². The molecule has 5 heteroatoms. The monoisotopic (exact) mass is 462 g/mol. The molecule has 0 amide bonds. The Kier molecular flexibility index (Phi) is 6.74. The lowest BCUT2D eigenvalue weighted by atomic mass is 9.96. The molecule has 3 heterocycles. The van der Waals surface area contributed by atoms with Gasteiger partial charge in [0.2, 0.25) is 0 Å². The zero-order chi connectivity index (χ0) is 24.2. The van der Waals surface area contributed by atoms with Gasteiger partial charge < -0.3 is 0 Å². The number of imidazole rings is 1. The molecule has 35 heavy (non-hydrogen) atoms. The molecule has 0 N–H and O–H groups in total. The number of aryl methyl sites for hydroxylation is 2. The highest BCUT2D eigenvalue weighted by molar-refractivity contribution is 5.98. The Hall–Kier alpha value is -3.75. The van der Waals surface area contributed by atoms with Crippen LogP contribution in [-0.2, 0) is 13.0 Å². The number of rotatable bonds is 5. The van der Waals surface area contributed by atoms with E-state index in [1.54, 1.807) is 16.9 Å². The molecule has 5 rings (SSSR count). The first kappa shape index (κ1) is 23.0. The molecule has 0 spiro atoms. The molecule has 1 aliphatic heterocycles. The van der Waals surface area contributed by atoms with Crippen molar-refractivity contribution in [3.63, 3.8) is 0 Å². The fourth-order valence-electron chi connectivity index (χ4n) is 4.67. The van der Waals surface area contributed by atoms with Crippen LogP contribution in [0.15, 0.2) is 60.9 Å². The first-order valence-electron chi connectivity index (χ1n) is 12.3. The summed E-state index contributed by atoms with van der Waals surface area (Å²) in [5.74, 6) is 6.48. The second-order valence-electron chi connectivity index (χ2n) is 9.41. The Bertz CT molecular complexity index is 1430. The highest BCUT2D eigenvalue weighted by atomic mass is 16.1. The molecule has 5 nitrogen and oxygen atoms in total. The normalized spacial score (nSPS) is 14.0. The Labute approximate surface area is 206 Å². The molecular weight excluding hydrogens is 432 g/mol. The minimum atomic E-state index is 0.104. The van der Waals surface area contributed by atoms with Crippen LogP contribution in [0.4, 0.5) is 0 Å². The van der Waals surface area contributed by atoms with Gasteiger partial charge in [0.1, 0.15) is 5.69 Å². The molecule has 0 atom stereocenters. The van der Waals surface area contributed by atoms with E-state index in [1.165, 1.54) is 43.5 Å². The first-order chi connectivity index (χ1) is 17.1. The number of carbonyl (C=O) groups excluding carboxylic acids is 1. The molecule has 1 aliphatic rings. The largest absolute Gasteiger partial charge is 0.299 e. The lowest BCUT2D eigenvalue weighted by Gasteiger charge is -2.27. The van der Waals surface area contributed by atoms with Gasteiger partial charge in [0.15, 0.2) is 11.4 Å². The molecule has 176 valence electrons. The molecule has 4 aromatic rings. The number of carbonyl (C=O) groups is 1. The number of hydrogen-bond donors (Lipinski definition) is 0. The number of piperidine rings is 1. The maximum atomic E-state index is 13.1. The van der Waals surface area contributed by atoms with Crippen molar-refractivity contribution in [2.45, 2.75) is 46.1 Å². The summed E-state index contributed by atoms with van der Waals surface area (Å²) >= 11 is 0. The van der Waals surface area contributed by atoms with E-state index in [9.17, 15) is 4.79 Å². The van der Waals surface area contributed by atoms with Crippen molar-refractivity contribution >= 4 is 11.4 Å². The number of Topliss-reactive ketones (excluding diaryl/α,β-unsaturated/α-hetero) is 1. The molecule has 0 bridgehead atoms. The lowest BCUT2D eigenvalue weighted by molar-refractivity contribution is 0.0993. The van der Waals surface area contributed by atoms with Gasteiger partial charge in [0, 0.05) is 30.3 Å². The van der Waals surface area contributed by atoms with Crippen LogP contribution in [0.3, 0.4) is 0 Å². The maximum Gasteiger partial charge on any atom is 0.167 e. The van der Waals surface area contributed by atoms with E-state index >= 15 is 0 Å². The number of nitrogens with zero attached hydrogens (tertiary/aromatic N) is 4. The number of ketones is 1. The SMILES string of the molecule is Cc1ccc(C(=O)Cc2ccc(CN3CCCCC3)c(C)c2)cc1C#Cc1cnc2cccnn12. The second kappa shape index (κ2) is 10.2. The average molecular weight is 463 g/mol. The molecule has 1 saturated heterocycles. The number of likely N-dealkylation sites (tertiary alicyclic amines) is 1.